The Morgan fingerprint density at radius 2 is 1.63 bits per heavy atom. The highest BCUT2D eigenvalue weighted by atomic mass is 19.1. The van der Waals surface area contributed by atoms with Crippen LogP contribution in [-0.2, 0) is 19.5 Å². The normalized spacial score (nSPS) is 13.9. The molecular formula is C28H25FN4O2. The molecular weight excluding hydrogens is 443 g/mol. The van der Waals surface area contributed by atoms with Crippen LogP contribution in [0.3, 0.4) is 0 Å². The molecule has 0 saturated heterocycles. The standard InChI is InChI=1S/C28H25FN4O2/c29-23-13-7-10-21(16-23)19-32-14-15-33-26(28(32)35)18-25(31-33)27(34)30-24(22-11-5-2-6-12-22)17-20-8-3-1-4-9-20/h1-13,16,18,24H,14-15,17,19H2,(H,30,34). The van der Waals surface area contributed by atoms with Gasteiger partial charge >= 0.3 is 0 Å². The predicted octanol–water partition coefficient (Wildman–Crippen LogP) is 4.39. The highest BCUT2D eigenvalue weighted by Crippen LogP contribution is 2.21. The van der Waals surface area contributed by atoms with Crippen LogP contribution in [0.4, 0.5) is 4.39 Å². The van der Waals surface area contributed by atoms with Gasteiger partial charge in [0.1, 0.15) is 11.5 Å². The fourth-order valence-electron chi connectivity index (χ4n) is 4.38. The molecule has 6 nitrogen and oxygen atoms in total. The first-order valence-electron chi connectivity index (χ1n) is 11.6. The number of nitrogens with one attached hydrogen (secondary N) is 1. The summed E-state index contributed by atoms with van der Waals surface area (Å²) in [4.78, 5) is 27.9. The Hall–Kier alpha value is -4.26. The van der Waals surface area contributed by atoms with E-state index in [1.807, 2.05) is 60.7 Å². The van der Waals surface area contributed by atoms with Gasteiger partial charge in [0.05, 0.1) is 12.6 Å². The Morgan fingerprint density at radius 3 is 2.37 bits per heavy atom. The number of aromatic nitrogens is 2. The average molecular weight is 469 g/mol. The van der Waals surface area contributed by atoms with Gasteiger partial charge in [-0.1, -0.05) is 72.8 Å². The van der Waals surface area contributed by atoms with Gasteiger partial charge in [-0.15, -0.1) is 0 Å². The Morgan fingerprint density at radius 1 is 0.914 bits per heavy atom. The van der Waals surface area contributed by atoms with Gasteiger partial charge in [0.2, 0.25) is 0 Å². The van der Waals surface area contributed by atoms with E-state index in [1.165, 1.54) is 12.1 Å². The first kappa shape index (κ1) is 22.5. The summed E-state index contributed by atoms with van der Waals surface area (Å²) >= 11 is 0. The predicted molar refractivity (Wildman–Crippen MR) is 130 cm³/mol. The maximum Gasteiger partial charge on any atom is 0.272 e. The van der Waals surface area contributed by atoms with Crippen molar-refractivity contribution in [1.29, 1.82) is 0 Å². The molecule has 3 aromatic carbocycles. The van der Waals surface area contributed by atoms with Gasteiger partial charge in [0.15, 0.2) is 5.69 Å². The van der Waals surface area contributed by atoms with Gasteiger partial charge in [-0.2, -0.15) is 5.10 Å². The maximum absolute atomic E-state index is 13.6. The van der Waals surface area contributed by atoms with Crippen LogP contribution >= 0.6 is 0 Å². The van der Waals surface area contributed by atoms with Gasteiger partial charge in [-0.25, -0.2) is 4.39 Å². The summed E-state index contributed by atoms with van der Waals surface area (Å²) in [6.07, 6.45) is 0.629. The minimum Gasteiger partial charge on any atom is -0.344 e. The summed E-state index contributed by atoms with van der Waals surface area (Å²) in [5.74, 6) is -0.892. The molecule has 7 heteroatoms. The SMILES string of the molecule is O=C(NC(Cc1ccccc1)c1ccccc1)c1cc2n(n1)CCN(Cc1cccc(F)c1)C2=O. The lowest BCUT2D eigenvalue weighted by Gasteiger charge is -2.27. The summed E-state index contributed by atoms with van der Waals surface area (Å²) in [5, 5.41) is 7.51. The van der Waals surface area contributed by atoms with Crippen LogP contribution in [0.1, 0.15) is 43.7 Å². The molecule has 0 saturated carbocycles. The molecule has 1 aromatic heterocycles. The van der Waals surface area contributed by atoms with Crippen molar-refractivity contribution in [1.82, 2.24) is 20.0 Å². The van der Waals surface area contributed by atoms with Crippen molar-refractivity contribution in [2.75, 3.05) is 6.54 Å². The zero-order chi connectivity index (χ0) is 24.2. The zero-order valence-electron chi connectivity index (χ0n) is 19.1. The summed E-state index contributed by atoms with van der Waals surface area (Å²) in [6, 6.07) is 27.3. The molecule has 4 aromatic rings. The fraction of sp³-hybridized carbons (Fsp3) is 0.179. The summed E-state index contributed by atoms with van der Waals surface area (Å²) in [6.45, 7) is 1.21. The number of halogens is 1. The molecule has 1 unspecified atom stereocenters. The lowest BCUT2D eigenvalue weighted by molar-refractivity contribution is 0.0682. The summed E-state index contributed by atoms with van der Waals surface area (Å²) < 4.78 is 15.1. The molecule has 1 aliphatic rings. The molecule has 1 atom stereocenters. The molecule has 176 valence electrons. The Labute approximate surface area is 203 Å². The van der Waals surface area contributed by atoms with E-state index in [0.29, 0.717) is 31.7 Å². The Balaban J connectivity index is 1.33. The topological polar surface area (TPSA) is 67.2 Å². The van der Waals surface area contributed by atoms with Crippen LogP contribution in [0.25, 0.3) is 0 Å². The van der Waals surface area contributed by atoms with Gasteiger partial charge in [0, 0.05) is 19.2 Å². The van der Waals surface area contributed by atoms with E-state index in [9.17, 15) is 14.0 Å². The van der Waals surface area contributed by atoms with Crippen molar-refractivity contribution in [3.8, 4) is 0 Å². The second kappa shape index (κ2) is 9.93. The van der Waals surface area contributed by atoms with Crippen LogP contribution in [0.15, 0.2) is 91.0 Å². The van der Waals surface area contributed by atoms with E-state index >= 15 is 0 Å². The molecule has 0 spiro atoms. The number of nitrogens with zero attached hydrogens (tertiary/aromatic N) is 3. The quantitative estimate of drug-likeness (QED) is 0.437. The smallest absolute Gasteiger partial charge is 0.272 e. The van der Waals surface area contributed by atoms with Crippen molar-refractivity contribution in [3.63, 3.8) is 0 Å². The largest absolute Gasteiger partial charge is 0.344 e. The van der Waals surface area contributed by atoms with Crippen LogP contribution in [0.2, 0.25) is 0 Å². The van der Waals surface area contributed by atoms with Gasteiger partial charge in [-0.3, -0.25) is 14.3 Å². The van der Waals surface area contributed by atoms with E-state index in [2.05, 4.69) is 10.4 Å². The second-order valence-electron chi connectivity index (χ2n) is 8.62. The molecule has 1 aliphatic heterocycles. The first-order valence-corrected chi connectivity index (χ1v) is 11.6. The Kier molecular flexibility index (Phi) is 6.39. The van der Waals surface area contributed by atoms with E-state index in [4.69, 9.17) is 0 Å². The highest BCUT2D eigenvalue weighted by Gasteiger charge is 2.28. The molecule has 0 bridgehead atoms. The third kappa shape index (κ3) is 5.14. The highest BCUT2D eigenvalue weighted by molar-refractivity contribution is 5.98. The van der Waals surface area contributed by atoms with Crippen molar-refractivity contribution < 1.29 is 14.0 Å². The molecule has 2 amide bonds. The molecule has 0 fully saturated rings. The van der Waals surface area contributed by atoms with Crippen LogP contribution in [-0.4, -0.2) is 33.0 Å². The van der Waals surface area contributed by atoms with Crippen LogP contribution in [0.5, 0.6) is 0 Å². The first-order chi connectivity index (χ1) is 17.1. The third-order valence-corrected chi connectivity index (χ3v) is 6.15. The number of amides is 2. The fourth-order valence-corrected chi connectivity index (χ4v) is 4.38. The molecule has 0 aliphatic carbocycles. The average Bonchev–Trinajstić information content (AvgIpc) is 3.32. The minimum absolute atomic E-state index is 0.204. The number of hydrogen-bond acceptors (Lipinski definition) is 3. The number of rotatable bonds is 7. The Bertz CT molecular complexity index is 1340. The number of carbonyl (C=O) groups is 2. The minimum atomic E-state index is -0.334. The van der Waals surface area contributed by atoms with Crippen molar-refractivity contribution >= 4 is 11.8 Å². The van der Waals surface area contributed by atoms with Crippen molar-refractivity contribution in [2.24, 2.45) is 0 Å². The molecule has 0 radical (unpaired) electrons. The van der Waals surface area contributed by atoms with Gasteiger partial charge < -0.3 is 10.2 Å². The van der Waals surface area contributed by atoms with Gasteiger partial charge in [-0.05, 0) is 35.2 Å². The van der Waals surface area contributed by atoms with E-state index in [1.54, 1.807) is 27.8 Å². The maximum atomic E-state index is 13.6. The lowest BCUT2D eigenvalue weighted by atomic mass is 9.98. The molecule has 5 rings (SSSR count). The van der Waals surface area contributed by atoms with Crippen LogP contribution < -0.4 is 5.32 Å². The van der Waals surface area contributed by atoms with E-state index in [-0.39, 0.29) is 29.4 Å². The number of hydrogen-bond donors (Lipinski definition) is 1. The zero-order valence-corrected chi connectivity index (χ0v) is 19.1. The number of carbonyl (C=O) groups excluding carboxylic acids is 2. The van der Waals surface area contributed by atoms with Crippen molar-refractivity contribution in [2.45, 2.75) is 25.6 Å². The number of benzene rings is 3. The second-order valence-corrected chi connectivity index (χ2v) is 8.62. The van der Waals surface area contributed by atoms with E-state index < -0.39 is 0 Å². The van der Waals surface area contributed by atoms with Crippen LogP contribution in [0, 0.1) is 5.82 Å². The van der Waals surface area contributed by atoms with Gasteiger partial charge in [0.25, 0.3) is 11.8 Å². The summed E-state index contributed by atoms with van der Waals surface area (Å²) in [5.41, 5.74) is 3.38. The lowest BCUT2D eigenvalue weighted by Crippen LogP contribution is -2.39. The molecule has 2 heterocycles. The molecule has 35 heavy (non-hydrogen) atoms. The van der Waals surface area contributed by atoms with Crippen molar-refractivity contribution in [3.05, 3.63) is 125 Å². The monoisotopic (exact) mass is 468 g/mol. The third-order valence-electron chi connectivity index (χ3n) is 6.15. The van der Waals surface area contributed by atoms with E-state index in [0.717, 1.165) is 16.7 Å². The molecule has 1 N–H and O–H groups in total. The number of fused-ring (bicyclic) bond motifs is 1. The summed E-state index contributed by atoms with van der Waals surface area (Å²) in [7, 11) is 0.